The van der Waals surface area contributed by atoms with Crippen molar-refractivity contribution in [3.05, 3.63) is 58.9 Å². The van der Waals surface area contributed by atoms with E-state index >= 15 is 0 Å². The highest BCUT2D eigenvalue weighted by atomic mass is 35.5. The molecule has 0 bridgehead atoms. The smallest absolute Gasteiger partial charge is 0.240 e. The summed E-state index contributed by atoms with van der Waals surface area (Å²) in [6.07, 6.45) is 0. The molecule has 2 aromatic carbocycles. The van der Waals surface area contributed by atoms with Gasteiger partial charge in [-0.3, -0.25) is 0 Å². The maximum Gasteiger partial charge on any atom is 0.240 e. The van der Waals surface area contributed by atoms with Crippen molar-refractivity contribution in [1.82, 2.24) is 4.72 Å². The average molecular weight is 388 g/mol. The topological polar surface area (TPSA) is 64.6 Å². The Labute approximate surface area is 151 Å². The van der Waals surface area contributed by atoms with Gasteiger partial charge in [0.1, 0.15) is 17.2 Å². The van der Waals surface area contributed by atoms with Crippen LogP contribution < -0.4 is 9.46 Å². The van der Waals surface area contributed by atoms with E-state index < -0.39 is 21.4 Å². The van der Waals surface area contributed by atoms with Crippen molar-refractivity contribution in [3.8, 4) is 5.75 Å². The van der Waals surface area contributed by atoms with Crippen molar-refractivity contribution < 1.29 is 22.3 Å². The first kappa shape index (κ1) is 19.7. The third kappa shape index (κ3) is 4.30. The normalized spacial score (nSPS) is 14.1. The average Bonchev–Trinajstić information content (AvgIpc) is 2.60. The third-order valence-electron chi connectivity index (χ3n) is 3.93. The van der Waals surface area contributed by atoms with Gasteiger partial charge in [-0.2, -0.15) is 0 Å². The summed E-state index contributed by atoms with van der Waals surface area (Å²) in [6.45, 7) is 1.45. The zero-order valence-electron chi connectivity index (χ0n) is 14.0. The second kappa shape index (κ2) is 7.70. The molecule has 0 amide bonds. The molecule has 0 saturated carbocycles. The highest BCUT2D eigenvalue weighted by molar-refractivity contribution is 7.89. The Morgan fingerprint density at radius 3 is 2.44 bits per heavy atom. The first-order chi connectivity index (χ1) is 11.7. The van der Waals surface area contributed by atoms with Crippen LogP contribution in [0.15, 0.2) is 47.4 Å². The van der Waals surface area contributed by atoms with E-state index in [1.165, 1.54) is 38.5 Å². The molecule has 0 aliphatic carbocycles. The fraction of sp³-hybridized carbons (Fsp3) is 0.294. The maximum absolute atomic E-state index is 14.1. The Bertz CT molecular complexity index is 859. The molecule has 8 heteroatoms. The second-order valence-corrected chi connectivity index (χ2v) is 7.71. The maximum atomic E-state index is 14.1. The van der Waals surface area contributed by atoms with Gasteiger partial charge in [-0.05, 0) is 31.2 Å². The zero-order valence-corrected chi connectivity index (χ0v) is 15.6. The van der Waals surface area contributed by atoms with Crippen LogP contribution in [0.1, 0.15) is 12.5 Å². The fourth-order valence-corrected chi connectivity index (χ4v) is 3.77. The molecule has 0 spiro atoms. The molecule has 0 saturated heterocycles. The molecule has 0 heterocycles. The van der Waals surface area contributed by atoms with Gasteiger partial charge in [-0.15, -0.1) is 0 Å². The number of nitrogens with one attached hydrogen (secondary N) is 1. The number of halogens is 2. The van der Waals surface area contributed by atoms with Crippen molar-refractivity contribution in [3.63, 3.8) is 0 Å². The lowest BCUT2D eigenvalue weighted by Gasteiger charge is -2.29. The van der Waals surface area contributed by atoms with Crippen molar-refractivity contribution in [1.29, 1.82) is 0 Å². The van der Waals surface area contributed by atoms with Crippen LogP contribution in [0.2, 0.25) is 5.02 Å². The predicted octanol–water partition coefficient (Wildman–Crippen LogP) is 3.33. The number of benzene rings is 2. The zero-order chi connectivity index (χ0) is 18.7. The highest BCUT2D eigenvalue weighted by Gasteiger charge is 2.31. The molecule has 0 aromatic heterocycles. The van der Waals surface area contributed by atoms with Crippen LogP contribution in [0, 0.1) is 5.82 Å². The van der Waals surface area contributed by atoms with Crippen molar-refractivity contribution in [2.75, 3.05) is 20.8 Å². The minimum atomic E-state index is -3.86. The number of sulfonamides is 1. The van der Waals surface area contributed by atoms with Gasteiger partial charge in [0, 0.05) is 19.2 Å². The molecule has 1 unspecified atom stereocenters. The van der Waals surface area contributed by atoms with Crippen LogP contribution in [-0.2, 0) is 20.4 Å². The summed E-state index contributed by atoms with van der Waals surface area (Å²) in [5.41, 5.74) is -0.915. The van der Waals surface area contributed by atoms with Gasteiger partial charge in [-0.1, -0.05) is 29.8 Å². The molecule has 25 heavy (non-hydrogen) atoms. The monoisotopic (exact) mass is 387 g/mol. The Morgan fingerprint density at radius 1 is 1.20 bits per heavy atom. The first-order valence-corrected chi connectivity index (χ1v) is 9.23. The van der Waals surface area contributed by atoms with Gasteiger partial charge >= 0.3 is 0 Å². The quantitative estimate of drug-likeness (QED) is 0.791. The largest absolute Gasteiger partial charge is 0.495 e. The second-order valence-electron chi connectivity index (χ2n) is 5.54. The van der Waals surface area contributed by atoms with E-state index in [2.05, 4.69) is 4.72 Å². The molecule has 2 rings (SSSR count). The lowest BCUT2D eigenvalue weighted by atomic mass is 9.95. The van der Waals surface area contributed by atoms with E-state index in [4.69, 9.17) is 21.1 Å². The Kier molecular flexibility index (Phi) is 6.05. The van der Waals surface area contributed by atoms with Crippen LogP contribution in [0.5, 0.6) is 5.75 Å². The Hall–Kier alpha value is -1.67. The summed E-state index contributed by atoms with van der Waals surface area (Å²) in [7, 11) is -1.03. The van der Waals surface area contributed by atoms with Crippen molar-refractivity contribution in [2.45, 2.75) is 17.4 Å². The van der Waals surface area contributed by atoms with Gasteiger partial charge in [0.2, 0.25) is 10.0 Å². The van der Waals surface area contributed by atoms with Gasteiger partial charge in [-0.25, -0.2) is 17.5 Å². The molecular formula is C17H19ClFNO4S. The van der Waals surface area contributed by atoms with Crippen LogP contribution >= 0.6 is 11.6 Å². The van der Waals surface area contributed by atoms with E-state index in [9.17, 15) is 12.8 Å². The number of ether oxygens (including phenoxy) is 2. The van der Waals surface area contributed by atoms with Gasteiger partial charge in [0.15, 0.2) is 0 Å². The number of methoxy groups -OCH3 is 2. The van der Waals surface area contributed by atoms with E-state index in [-0.39, 0.29) is 22.0 Å². The Balaban J connectivity index is 2.26. The summed E-state index contributed by atoms with van der Waals surface area (Å²) in [4.78, 5) is -0.0229. The highest BCUT2D eigenvalue weighted by Crippen LogP contribution is 2.29. The molecule has 136 valence electrons. The molecule has 0 aliphatic rings. The van der Waals surface area contributed by atoms with Gasteiger partial charge in [0.05, 0.1) is 17.0 Å². The molecule has 2 aromatic rings. The minimum absolute atomic E-state index is 0.0229. The Morgan fingerprint density at radius 2 is 1.88 bits per heavy atom. The van der Waals surface area contributed by atoms with Crippen LogP contribution in [0.4, 0.5) is 4.39 Å². The van der Waals surface area contributed by atoms with Gasteiger partial charge in [0.25, 0.3) is 0 Å². The molecule has 1 N–H and O–H groups in total. The number of hydrogen-bond donors (Lipinski definition) is 1. The van der Waals surface area contributed by atoms with Crippen LogP contribution in [-0.4, -0.2) is 29.2 Å². The molecule has 0 aliphatic heterocycles. The third-order valence-corrected chi connectivity index (χ3v) is 5.62. The van der Waals surface area contributed by atoms with E-state index in [0.717, 1.165) is 0 Å². The summed E-state index contributed by atoms with van der Waals surface area (Å²) < 4.78 is 51.9. The molecule has 0 fully saturated rings. The lowest BCUT2D eigenvalue weighted by Crippen LogP contribution is -2.40. The van der Waals surface area contributed by atoms with Crippen LogP contribution in [0.3, 0.4) is 0 Å². The summed E-state index contributed by atoms with van der Waals surface area (Å²) in [5.74, 6) is -0.104. The minimum Gasteiger partial charge on any atom is -0.495 e. The molecule has 1 atom stereocenters. The predicted molar refractivity (Wildman–Crippen MR) is 94.0 cm³/mol. The summed E-state index contributed by atoms with van der Waals surface area (Å²) in [5, 5.41) is 0.175. The molecule has 0 radical (unpaired) electrons. The summed E-state index contributed by atoms with van der Waals surface area (Å²) in [6, 6.07) is 10.2. The van der Waals surface area contributed by atoms with Crippen molar-refractivity contribution in [2.24, 2.45) is 0 Å². The molecule has 5 nitrogen and oxygen atoms in total. The lowest BCUT2D eigenvalue weighted by molar-refractivity contribution is 0.00410. The summed E-state index contributed by atoms with van der Waals surface area (Å²) >= 11 is 5.98. The van der Waals surface area contributed by atoms with Crippen LogP contribution in [0.25, 0.3) is 0 Å². The first-order valence-electron chi connectivity index (χ1n) is 7.37. The van der Waals surface area contributed by atoms with E-state index in [1.54, 1.807) is 25.1 Å². The standard InChI is InChI=1S/C17H19ClFNO4S/c1-17(24-3,13-6-4-5-7-15(13)19)11-20-25(21,22)12-8-9-16(23-2)14(18)10-12/h4-10,20H,11H2,1-3H3. The van der Waals surface area contributed by atoms with E-state index in [1.807, 2.05) is 0 Å². The number of hydrogen-bond acceptors (Lipinski definition) is 4. The van der Waals surface area contributed by atoms with Crippen molar-refractivity contribution >= 4 is 21.6 Å². The van der Waals surface area contributed by atoms with Gasteiger partial charge < -0.3 is 9.47 Å². The van der Waals surface area contributed by atoms with E-state index in [0.29, 0.717) is 5.75 Å². The SMILES string of the molecule is COc1ccc(S(=O)(=O)NCC(C)(OC)c2ccccc2F)cc1Cl. The number of rotatable bonds is 7. The fourth-order valence-electron chi connectivity index (χ4n) is 2.30. The molecular weight excluding hydrogens is 369 g/mol.